The lowest BCUT2D eigenvalue weighted by Crippen LogP contribution is -2.13. The number of amides is 1. The van der Waals surface area contributed by atoms with E-state index in [0.717, 1.165) is 21.9 Å². The van der Waals surface area contributed by atoms with Crippen molar-refractivity contribution in [3.8, 4) is 17.6 Å². The zero-order chi connectivity index (χ0) is 23.9. The van der Waals surface area contributed by atoms with Gasteiger partial charge in [-0.25, -0.2) is 0 Å². The Kier molecular flexibility index (Phi) is 6.90. The number of fused-ring (bicyclic) bond motifs is 1. The lowest BCUT2D eigenvalue weighted by molar-refractivity contribution is -0.112. The molecule has 0 fully saturated rings. The smallest absolute Gasteiger partial charge is 0.266 e. The predicted octanol–water partition coefficient (Wildman–Crippen LogP) is 6.28. The van der Waals surface area contributed by atoms with Crippen LogP contribution in [0, 0.1) is 18.3 Å². The molecule has 1 N–H and O–H groups in total. The monoisotopic (exact) mass is 448 g/mol. The minimum atomic E-state index is -0.495. The maximum atomic E-state index is 12.9. The fraction of sp³-hybridized carbons (Fsp3) is 0.103. The van der Waals surface area contributed by atoms with Crippen molar-refractivity contribution in [3.63, 3.8) is 0 Å². The van der Waals surface area contributed by atoms with Crippen LogP contribution in [0.25, 0.3) is 16.8 Å². The number of nitrogens with one attached hydrogen (secondary N) is 1. The van der Waals surface area contributed by atoms with Gasteiger partial charge < -0.3 is 14.8 Å². The number of hydrogen-bond donors (Lipinski definition) is 1. The van der Waals surface area contributed by atoms with Crippen LogP contribution < -0.4 is 14.8 Å². The molecule has 0 spiro atoms. The Morgan fingerprint density at radius 3 is 2.53 bits per heavy atom. The number of anilines is 1. The van der Waals surface area contributed by atoms with Crippen LogP contribution in [0.5, 0.6) is 11.5 Å². The van der Waals surface area contributed by atoms with Crippen LogP contribution in [0.3, 0.4) is 0 Å². The van der Waals surface area contributed by atoms with Crippen molar-refractivity contribution in [3.05, 3.63) is 107 Å². The third-order valence-corrected chi connectivity index (χ3v) is 5.41. The van der Waals surface area contributed by atoms with E-state index in [4.69, 9.17) is 9.47 Å². The summed E-state index contributed by atoms with van der Waals surface area (Å²) in [5.41, 5.74) is 3.43. The van der Waals surface area contributed by atoms with Gasteiger partial charge in [0.05, 0.1) is 7.11 Å². The first-order chi connectivity index (χ1) is 16.6. The van der Waals surface area contributed by atoms with Gasteiger partial charge in [0.25, 0.3) is 5.91 Å². The minimum absolute atomic E-state index is 0.0208. The summed E-state index contributed by atoms with van der Waals surface area (Å²) in [6.07, 6.45) is 1.59. The molecule has 0 heterocycles. The van der Waals surface area contributed by atoms with Crippen LogP contribution in [0.4, 0.5) is 5.69 Å². The molecule has 4 rings (SSSR count). The van der Waals surface area contributed by atoms with Crippen LogP contribution in [-0.2, 0) is 11.4 Å². The molecule has 34 heavy (non-hydrogen) atoms. The summed E-state index contributed by atoms with van der Waals surface area (Å²) in [4.78, 5) is 12.9. The number of aryl methyl sites for hydroxylation is 1. The number of rotatable bonds is 7. The molecule has 0 bridgehead atoms. The molecule has 0 unspecified atom stereocenters. The summed E-state index contributed by atoms with van der Waals surface area (Å²) >= 11 is 0. The average Bonchev–Trinajstić information content (AvgIpc) is 2.86. The van der Waals surface area contributed by atoms with Gasteiger partial charge in [-0.2, -0.15) is 5.26 Å². The van der Waals surface area contributed by atoms with Gasteiger partial charge in [-0.3, -0.25) is 4.79 Å². The number of carbonyl (C=O) groups excluding carboxylic acids is 1. The second-order valence-corrected chi connectivity index (χ2v) is 7.83. The molecule has 1 amide bonds. The molecule has 0 aliphatic heterocycles. The van der Waals surface area contributed by atoms with Crippen molar-refractivity contribution in [2.75, 3.05) is 12.4 Å². The van der Waals surface area contributed by atoms with Gasteiger partial charge in [0.2, 0.25) is 0 Å². The summed E-state index contributed by atoms with van der Waals surface area (Å²) < 4.78 is 11.3. The maximum Gasteiger partial charge on any atom is 0.266 e. The largest absolute Gasteiger partial charge is 0.497 e. The van der Waals surface area contributed by atoms with Gasteiger partial charge in [0.1, 0.15) is 29.7 Å². The molecule has 0 radical (unpaired) electrons. The van der Waals surface area contributed by atoms with Crippen molar-refractivity contribution in [1.29, 1.82) is 5.26 Å². The topological polar surface area (TPSA) is 71.3 Å². The molecule has 0 saturated heterocycles. The first kappa shape index (κ1) is 22.6. The predicted molar refractivity (Wildman–Crippen MR) is 135 cm³/mol. The molecule has 0 aliphatic rings. The van der Waals surface area contributed by atoms with Crippen molar-refractivity contribution in [2.24, 2.45) is 0 Å². The Morgan fingerprint density at radius 2 is 1.79 bits per heavy atom. The van der Waals surface area contributed by atoms with E-state index in [0.29, 0.717) is 29.4 Å². The number of nitriles is 1. The Labute approximate surface area is 198 Å². The molecule has 4 aromatic carbocycles. The molecule has 0 atom stereocenters. The summed E-state index contributed by atoms with van der Waals surface area (Å²) in [7, 11) is 1.58. The molecule has 0 saturated carbocycles. The number of hydrogen-bond acceptors (Lipinski definition) is 4. The van der Waals surface area contributed by atoms with E-state index >= 15 is 0 Å². The Balaban J connectivity index is 1.67. The van der Waals surface area contributed by atoms with E-state index in [1.165, 1.54) is 0 Å². The van der Waals surface area contributed by atoms with E-state index < -0.39 is 5.91 Å². The third kappa shape index (κ3) is 5.25. The number of nitrogens with zero attached hydrogens (tertiary/aromatic N) is 1. The number of benzene rings is 4. The minimum Gasteiger partial charge on any atom is -0.497 e. The van der Waals surface area contributed by atoms with Crippen molar-refractivity contribution in [2.45, 2.75) is 13.5 Å². The number of methoxy groups -OCH3 is 1. The van der Waals surface area contributed by atoms with Gasteiger partial charge in [-0.05, 0) is 59.7 Å². The first-order valence-electron chi connectivity index (χ1n) is 10.8. The lowest BCUT2D eigenvalue weighted by atomic mass is 10.0. The van der Waals surface area contributed by atoms with Gasteiger partial charge >= 0.3 is 0 Å². The normalized spacial score (nSPS) is 11.0. The molecule has 5 nitrogen and oxygen atoms in total. The van der Waals surface area contributed by atoms with Crippen LogP contribution >= 0.6 is 0 Å². The molecular weight excluding hydrogens is 424 g/mol. The molecule has 4 aromatic rings. The quantitative estimate of drug-likeness (QED) is 0.267. The van der Waals surface area contributed by atoms with Crippen LogP contribution in [0.2, 0.25) is 0 Å². The summed E-state index contributed by atoms with van der Waals surface area (Å²) in [6.45, 7) is 2.41. The Morgan fingerprint density at radius 1 is 1.00 bits per heavy atom. The van der Waals surface area contributed by atoms with Crippen LogP contribution in [-0.4, -0.2) is 13.0 Å². The van der Waals surface area contributed by atoms with Crippen LogP contribution in [0.15, 0.2) is 90.5 Å². The van der Waals surface area contributed by atoms with Crippen molar-refractivity contribution >= 4 is 28.4 Å². The van der Waals surface area contributed by atoms with Crippen molar-refractivity contribution in [1.82, 2.24) is 0 Å². The summed E-state index contributed by atoms with van der Waals surface area (Å²) in [5.74, 6) is 0.788. The summed E-state index contributed by atoms with van der Waals surface area (Å²) in [6, 6.07) is 28.7. The molecular formula is C29H24N2O3. The Hall–Kier alpha value is -4.56. The van der Waals surface area contributed by atoms with Crippen LogP contribution in [0.1, 0.15) is 16.7 Å². The van der Waals surface area contributed by atoms with Crippen molar-refractivity contribution < 1.29 is 14.3 Å². The van der Waals surface area contributed by atoms with Gasteiger partial charge in [0, 0.05) is 11.3 Å². The van der Waals surface area contributed by atoms with Gasteiger partial charge in [-0.1, -0.05) is 60.2 Å². The number of carbonyl (C=O) groups is 1. The van der Waals surface area contributed by atoms with E-state index in [1.807, 2.05) is 67.6 Å². The van der Waals surface area contributed by atoms with Gasteiger partial charge in [0.15, 0.2) is 0 Å². The molecule has 168 valence electrons. The fourth-order valence-corrected chi connectivity index (χ4v) is 3.68. The highest BCUT2D eigenvalue weighted by atomic mass is 16.5. The molecule has 0 aromatic heterocycles. The Bertz CT molecular complexity index is 1400. The number of ether oxygens (including phenoxy) is 2. The summed E-state index contributed by atoms with van der Waals surface area (Å²) in [5, 5.41) is 14.4. The van der Waals surface area contributed by atoms with E-state index in [1.54, 1.807) is 37.5 Å². The van der Waals surface area contributed by atoms with E-state index in [-0.39, 0.29) is 5.57 Å². The fourth-order valence-electron chi connectivity index (χ4n) is 3.68. The maximum absolute atomic E-state index is 12.9. The zero-order valence-corrected chi connectivity index (χ0v) is 19.0. The first-order valence-corrected chi connectivity index (χ1v) is 10.8. The highest BCUT2D eigenvalue weighted by Gasteiger charge is 2.14. The van der Waals surface area contributed by atoms with E-state index in [2.05, 4.69) is 11.4 Å². The molecule has 5 heteroatoms. The zero-order valence-electron chi connectivity index (χ0n) is 19.0. The standard InChI is InChI=1S/C29H24N2O3/c1-20-6-5-7-21(16-20)19-34-28-15-10-22-8-3-4-9-26(22)27(28)17-23(18-30)29(32)31-24-11-13-25(33-2)14-12-24/h3-17H,19H2,1-2H3,(H,31,32)/b23-17+. The third-order valence-electron chi connectivity index (χ3n) is 5.41. The highest BCUT2D eigenvalue weighted by Crippen LogP contribution is 2.31. The SMILES string of the molecule is COc1ccc(NC(=O)/C(C#N)=C/c2c(OCc3cccc(C)c3)ccc3ccccc23)cc1. The highest BCUT2D eigenvalue weighted by molar-refractivity contribution is 6.11. The second kappa shape index (κ2) is 10.4. The molecule has 0 aliphatic carbocycles. The average molecular weight is 449 g/mol. The van der Waals surface area contributed by atoms with Gasteiger partial charge in [-0.15, -0.1) is 0 Å². The lowest BCUT2D eigenvalue weighted by Gasteiger charge is -2.13. The second-order valence-electron chi connectivity index (χ2n) is 7.83. The van der Waals surface area contributed by atoms with E-state index in [9.17, 15) is 10.1 Å².